The molecule has 1 saturated heterocycles. The number of benzene rings is 2. The summed E-state index contributed by atoms with van der Waals surface area (Å²) in [7, 11) is 0. The Morgan fingerprint density at radius 1 is 1.07 bits per heavy atom. The number of carbonyl (C=O) groups is 1. The zero-order valence-electron chi connectivity index (χ0n) is 24.1. The third-order valence-corrected chi connectivity index (χ3v) is 8.06. The fourth-order valence-corrected chi connectivity index (χ4v) is 5.72. The van der Waals surface area contributed by atoms with Gasteiger partial charge in [-0.1, -0.05) is 37.9 Å². The maximum atomic E-state index is 15.2. The molecule has 41 heavy (non-hydrogen) atoms. The second-order valence-corrected chi connectivity index (χ2v) is 11.2. The summed E-state index contributed by atoms with van der Waals surface area (Å²) in [5.41, 5.74) is 4.54. The predicted molar refractivity (Wildman–Crippen MR) is 164 cm³/mol. The lowest BCUT2D eigenvalue weighted by molar-refractivity contribution is 0.0976. The van der Waals surface area contributed by atoms with Crippen molar-refractivity contribution < 1.29 is 13.9 Å². The number of nitrogens with zero attached hydrogens (tertiary/aromatic N) is 4. The van der Waals surface area contributed by atoms with Crippen LogP contribution in [0.3, 0.4) is 0 Å². The molecule has 2 aromatic carbocycles. The van der Waals surface area contributed by atoms with Crippen molar-refractivity contribution in [3.05, 3.63) is 88.6 Å². The van der Waals surface area contributed by atoms with Crippen LogP contribution in [0.5, 0.6) is 5.75 Å². The van der Waals surface area contributed by atoms with E-state index >= 15 is 4.39 Å². The number of ether oxygens (including phenoxy) is 1. The molecule has 216 valence electrons. The highest BCUT2D eigenvalue weighted by Crippen LogP contribution is 2.28. The SMILES string of the molecule is CCCCOc1ccc(N2CCN(c3ccc(CCC(=O)c4c(CC)nc5ccc(Cl)cn45)c(F)c3)C[C@@H]2C)cc1. The summed E-state index contributed by atoms with van der Waals surface area (Å²) < 4.78 is 22.8. The number of ketones is 1. The Morgan fingerprint density at radius 2 is 1.85 bits per heavy atom. The molecule has 1 atom stereocenters. The van der Waals surface area contributed by atoms with E-state index in [1.54, 1.807) is 28.8 Å². The van der Waals surface area contributed by atoms with Gasteiger partial charge in [-0.25, -0.2) is 9.37 Å². The second-order valence-electron chi connectivity index (χ2n) is 10.7. The molecule has 4 aromatic rings. The van der Waals surface area contributed by atoms with Gasteiger partial charge in [0.15, 0.2) is 5.78 Å². The Labute approximate surface area is 246 Å². The first-order valence-corrected chi connectivity index (χ1v) is 15.0. The molecule has 1 fully saturated rings. The van der Waals surface area contributed by atoms with E-state index < -0.39 is 0 Å². The summed E-state index contributed by atoms with van der Waals surface area (Å²) >= 11 is 6.17. The number of aromatic nitrogens is 2. The van der Waals surface area contributed by atoms with Gasteiger partial charge in [-0.15, -0.1) is 0 Å². The normalized spacial score (nSPS) is 15.5. The minimum Gasteiger partial charge on any atom is -0.494 e. The van der Waals surface area contributed by atoms with Crippen LogP contribution in [-0.2, 0) is 12.8 Å². The summed E-state index contributed by atoms with van der Waals surface area (Å²) in [5.74, 6) is 0.561. The van der Waals surface area contributed by atoms with Gasteiger partial charge in [0, 0.05) is 49.7 Å². The number of aryl methyl sites for hydroxylation is 2. The molecule has 3 heterocycles. The van der Waals surface area contributed by atoms with Crippen molar-refractivity contribution in [1.82, 2.24) is 9.38 Å². The van der Waals surface area contributed by atoms with Crippen LogP contribution >= 0.6 is 11.6 Å². The first-order chi connectivity index (χ1) is 19.9. The summed E-state index contributed by atoms with van der Waals surface area (Å²) in [6, 6.07) is 17.5. The minimum atomic E-state index is -0.277. The van der Waals surface area contributed by atoms with Gasteiger partial charge in [-0.3, -0.25) is 9.20 Å². The Kier molecular flexibility index (Phi) is 9.13. The molecule has 8 heteroatoms. The number of rotatable bonds is 11. The maximum Gasteiger partial charge on any atom is 0.181 e. The van der Waals surface area contributed by atoms with Crippen molar-refractivity contribution in [2.24, 2.45) is 0 Å². The fraction of sp³-hybridized carbons (Fsp3) is 0.394. The van der Waals surface area contributed by atoms with Gasteiger partial charge in [0.2, 0.25) is 0 Å². The Hall–Kier alpha value is -3.58. The van der Waals surface area contributed by atoms with Crippen LogP contribution in [0.25, 0.3) is 5.65 Å². The van der Waals surface area contributed by atoms with Crippen molar-refractivity contribution in [2.75, 3.05) is 36.0 Å². The number of piperazine rings is 1. The zero-order valence-corrected chi connectivity index (χ0v) is 24.8. The van der Waals surface area contributed by atoms with Crippen LogP contribution in [0.1, 0.15) is 61.8 Å². The average molecular weight is 577 g/mol. The molecule has 0 N–H and O–H groups in total. The van der Waals surface area contributed by atoms with Crippen LogP contribution < -0.4 is 14.5 Å². The third kappa shape index (κ3) is 6.51. The number of imidazole rings is 1. The zero-order chi connectivity index (χ0) is 28.9. The molecule has 1 aliphatic rings. The number of halogens is 2. The van der Waals surface area contributed by atoms with E-state index in [0.717, 1.165) is 56.2 Å². The van der Waals surface area contributed by atoms with Gasteiger partial charge >= 0.3 is 0 Å². The van der Waals surface area contributed by atoms with E-state index in [-0.39, 0.29) is 24.1 Å². The molecule has 0 aliphatic carbocycles. The molecule has 2 aromatic heterocycles. The Bertz CT molecular complexity index is 1500. The van der Waals surface area contributed by atoms with Gasteiger partial charge in [0.25, 0.3) is 0 Å². The van der Waals surface area contributed by atoms with Crippen LogP contribution in [0.2, 0.25) is 5.02 Å². The monoisotopic (exact) mass is 576 g/mol. The standard InChI is InChI=1S/C33H38ClFN4O2/c1-4-6-19-41-28-13-11-26(12-14-28)38-18-17-37(21-23(38)3)27-10-7-24(29(35)20-27)8-15-31(40)33-30(5-2)36-32-16-9-25(34)22-39(32)33/h7,9-14,16,20,22-23H,4-6,8,15,17-19,21H2,1-3H3/t23-/m0/s1. The first kappa shape index (κ1) is 28.9. The highest BCUT2D eigenvalue weighted by molar-refractivity contribution is 6.30. The van der Waals surface area contributed by atoms with E-state index in [1.807, 2.05) is 31.2 Å². The van der Waals surface area contributed by atoms with E-state index in [4.69, 9.17) is 16.3 Å². The minimum absolute atomic E-state index is 0.0643. The lowest BCUT2D eigenvalue weighted by Crippen LogP contribution is -2.52. The van der Waals surface area contributed by atoms with E-state index in [9.17, 15) is 4.79 Å². The van der Waals surface area contributed by atoms with Gasteiger partial charge in [0.1, 0.15) is 22.9 Å². The van der Waals surface area contributed by atoms with Gasteiger partial charge < -0.3 is 14.5 Å². The average Bonchev–Trinajstić information content (AvgIpc) is 3.35. The third-order valence-electron chi connectivity index (χ3n) is 7.84. The lowest BCUT2D eigenvalue weighted by atomic mass is 10.0. The maximum absolute atomic E-state index is 15.2. The number of pyridine rings is 1. The van der Waals surface area contributed by atoms with Crippen LogP contribution in [0, 0.1) is 5.82 Å². The molecule has 0 spiro atoms. The molecule has 0 amide bonds. The number of hydrogen-bond donors (Lipinski definition) is 0. The van der Waals surface area contributed by atoms with Crippen LogP contribution in [-0.4, -0.2) is 47.5 Å². The van der Waals surface area contributed by atoms with Gasteiger partial charge in [-0.2, -0.15) is 0 Å². The lowest BCUT2D eigenvalue weighted by Gasteiger charge is -2.42. The number of hydrogen-bond acceptors (Lipinski definition) is 5. The number of fused-ring (bicyclic) bond motifs is 1. The largest absolute Gasteiger partial charge is 0.494 e. The topological polar surface area (TPSA) is 50.1 Å². The molecule has 0 bridgehead atoms. The highest BCUT2D eigenvalue weighted by atomic mass is 35.5. The fourth-order valence-electron chi connectivity index (χ4n) is 5.56. The highest BCUT2D eigenvalue weighted by Gasteiger charge is 2.25. The quantitative estimate of drug-likeness (QED) is 0.137. The first-order valence-electron chi connectivity index (χ1n) is 14.6. The number of anilines is 2. The van der Waals surface area contributed by atoms with Crippen LogP contribution in [0.4, 0.5) is 15.8 Å². The smallest absolute Gasteiger partial charge is 0.181 e. The molecule has 0 unspecified atom stereocenters. The van der Waals surface area contributed by atoms with Crippen LogP contribution in [0.15, 0.2) is 60.8 Å². The number of Topliss-reactive ketones (excluding diaryl/α,β-unsaturated/α-hetero) is 1. The Morgan fingerprint density at radius 3 is 2.56 bits per heavy atom. The summed E-state index contributed by atoms with van der Waals surface area (Å²) in [5, 5.41) is 0.536. The van der Waals surface area contributed by atoms with E-state index in [0.29, 0.717) is 34.8 Å². The van der Waals surface area contributed by atoms with E-state index in [2.05, 4.69) is 40.8 Å². The number of unbranched alkanes of at least 4 members (excludes halogenated alkanes) is 1. The van der Waals surface area contributed by atoms with E-state index in [1.165, 1.54) is 5.69 Å². The molecule has 0 saturated carbocycles. The summed E-state index contributed by atoms with van der Waals surface area (Å²) in [6.45, 7) is 9.51. The summed E-state index contributed by atoms with van der Waals surface area (Å²) in [4.78, 5) is 22.4. The molecular formula is C33H38ClFN4O2. The molecular weight excluding hydrogens is 539 g/mol. The molecule has 5 rings (SSSR count). The van der Waals surface area contributed by atoms with Crippen molar-refractivity contribution >= 4 is 34.4 Å². The number of carbonyl (C=O) groups excluding carboxylic acids is 1. The molecule has 1 aliphatic heterocycles. The van der Waals surface area contributed by atoms with Gasteiger partial charge in [0.05, 0.1) is 17.3 Å². The van der Waals surface area contributed by atoms with Crippen molar-refractivity contribution in [1.29, 1.82) is 0 Å². The summed E-state index contributed by atoms with van der Waals surface area (Å²) in [6.07, 6.45) is 5.04. The second kappa shape index (κ2) is 12.9. The molecule has 6 nitrogen and oxygen atoms in total. The van der Waals surface area contributed by atoms with Crippen molar-refractivity contribution in [3.63, 3.8) is 0 Å². The molecule has 0 radical (unpaired) electrons. The van der Waals surface area contributed by atoms with Crippen molar-refractivity contribution in [3.8, 4) is 5.75 Å². The van der Waals surface area contributed by atoms with Gasteiger partial charge in [-0.05, 0) is 80.3 Å². The Balaban J connectivity index is 1.20. The van der Waals surface area contributed by atoms with Crippen molar-refractivity contribution in [2.45, 2.75) is 58.9 Å². The predicted octanol–water partition coefficient (Wildman–Crippen LogP) is 7.40.